The van der Waals surface area contributed by atoms with Gasteiger partial charge in [0.2, 0.25) is 0 Å². The first-order valence-corrected chi connectivity index (χ1v) is 5.05. The van der Waals surface area contributed by atoms with E-state index in [1.807, 2.05) is 0 Å². The minimum Gasteiger partial charge on any atom is 4.00 e. The standard InChI is InChI=1S/Ba.Ca.6O.2Ti.Zr.4H/q;;;;4*-1;;;+4;;;;. The first kappa shape index (κ1) is 29.6. The molecule has 0 atom stereocenters. The molecule has 0 rings (SSSR count). The summed E-state index contributed by atoms with van der Waals surface area (Å²) in [5, 5.41) is 0. The van der Waals surface area contributed by atoms with Gasteiger partial charge in [-0.3, -0.25) is 0 Å². The SMILES string of the molecule is [BaH2].[CaH2].[O]=[Ti]([O-])[O-].[O]=[Ti]([O-])[O-].[Zr+4]. The molecule has 0 aliphatic carbocycles. The average Bonchev–Trinajstić information content (AvgIpc) is 1.25. The molecule has 0 saturated heterocycles. The predicted octanol–water partition coefficient (Wildman–Crippen LogP) is -6.83. The zero-order valence-electron chi connectivity index (χ0n) is 3.95. The molecule has 0 aliphatic rings. The van der Waals surface area contributed by atoms with Crippen molar-refractivity contribution in [1.82, 2.24) is 0 Å². The van der Waals surface area contributed by atoms with Crippen LogP contribution >= 0.6 is 0 Å². The van der Waals surface area contributed by atoms with Crippen molar-refractivity contribution in [3.63, 3.8) is 0 Å². The van der Waals surface area contributed by atoms with E-state index in [0.29, 0.717) is 0 Å². The van der Waals surface area contributed by atoms with Crippen LogP contribution in [0.2, 0.25) is 0 Å². The van der Waals surface area contributed by atoms with Crippen LogP contribution in [0.15, 0.2) is 0 Å². The first-order chi connectivity index (χ1) is 3.46. The van der Waals surface area contributed by atoms with Crippen LogP contribution in [0.1, 0.15) is 0 Å². The van der Waals surface area contributed by atoms with Gasteiger partial charge < -0.3 is 0 Å². The Kier molecular flexibility index (Phi) is 64.6. The summed E-state index contributed by atoms with van der Waals surface area (Å²) in [6.45, 7) is 0. The number of hydrogen-bond donors (Lipinski definition) is 0. The van der Waals surface area contributed by atoms with Crippen molar-refractivity contribution in [3.8, 4) is 0 Å². The van der Waals surface area contributed by atoms with Crippen LogP contribution in [0.3, 0.4) is 0 Å². The van der Waals surface area contributed by atoms with Crippen LogP contribution in [0.4, 0.5) is 0 Å². The summed E-state index contributed by atoms with van der Waals surface area (Å²) in [6, 6.07) is 0. The first-order valence-electron chi connectivity index (χ1n) is 1.22. The van der Waals surface area contributed by atoms with Gasteiger partial charge in [0.05, 0.1) is 0 Å². The van der Waals surface area contributed by atoms with Gasteiger partial charge in [0.1, 0.15) is 0 Å². The van der Waals surface area contributed by atoms with Crippen molar-refractivity contribution in [3.05, 3.63) is 0 Å². The third-order valence-electron chi connectivity index (χ3n) is 0. The Morgan fingerprint density at radius 2 is 0.818 bits per heavy atom. The van der Waals surface area contributed by atoms with Gasteiger partial charge in [-0.25, -0.2) is 0 Å². The van der Waals surface area contributed by atoms with Crippen LogP contribution in [0, 0.1) is 0 Å². The molecule has 0 aromatic carbocycles. The summed E-state index contributed by atoms with van der Waals surface area (Å²) < 4.78 is 51.5. The third-order valence-corrected chi connectivity index (χ3v) is 0. The Morgan fingerprint density at radius 1 is 0.818 bits per heavy atom. The number of hydrogen-bond acceptors (Lipinski definition) is 6. The van der Waals surface area contributed by atoms with E-state index in [1.54, 1.807) is 0 Å². The predicted molar refractivity (Wildman–Crippen MR) is 18.5 cm³/mol. The molecule has 0 aliphatic heterocycles. The maximum absolute atomic E-state index is 8.58. The van der Waals surface area contributed by atoms with Gasteiger partial charge in [0.25, 0.3) is 0 Å². The van der Waals surface area contributed by atoms with E-state index >= 15 is 0 Å². The van der Waals surface area contributed by atoms with E-state index in [0.717, 1.165) is 0 Å². The van der Waals surface area contributed by atoms with Gasteiger partial charge in [-0.2, -0.15) is 0 Å². The molecule has 11 heavy (non-hydrogen) atoms. The molecule has 0 unspecified atom stereocenters. The molecule has 56 valence electrons. The topological polar surface area (TPSA) is 126 Å². The fourth-order valence-electron chi connectivity index (χ4n) is 0. The molecule has 0 bridgehead atoms. The summed E-state index contributed by atoms with van der Waals surface area (Å²) in [4.78, 5) is 0. The zero-order valence-corrected chi connectivity index (χ0v) is 9.53. The van der Waals surface area contributed by atoms with Crippen LogP contribution in [0.5, 0.6) is 0 Å². The molecule has 11 heteroatoms. The second kappa shape index (κ2) is 24.0. The molecular formula is H4BaCaO6Ti2Zr. The Bertz CT molecular complexity index is 78.6. The maximum atomic E-state index is 8.58. The zero-order chi connectivity index (χ0) is 7.15. The Labute approximate surface area is 167 Å². The molecule has 6 nitrogen and oxygen atoms in total. The van der Waals surface area contributed by atoms with Gasteiger partial charge in [0.15, 0.2) is 0 Å². The minimum absolute atomic E-state index is 0. The largest absolute Gasteiger partial charge is 4.00 e. The second-order valence-corrected chi connectivity index (χ2v) is 2.06. The minimum atomic E-state index is -4.08. The summed E-state index contributed by atoms with van der Waals surface area (Å²) in [5.41, 5.74) is 0. The Hall–Kier alpha value is 4.58. The molecule has 0 spiro atoms. The van der Waals surface area contributed by atoms with Crippen molar-refractivity contribution in [2.24, 2.45) is 0 Å². The molecule has 0 saturated carbocycles. The Morgan fingerprint density at radius 3 is 0.818 bits per heavy atom. The molecule has 0 radical (unpaired) electrons. The van der Waals surface area contributed by atoms with Crippen LogP contribution in [0.25, 0.3) is 0 Å². The fourth-order valence-corrected chi connectivity index (χ4v) is 0. The van der Waals surface area contributed by atoms with E-state index in [9.17, 15) is 0 Å². The molecule has 0 aromatic heterocycles. The van der Waals surface area contributed by atoms with Crippen molar-refractivity contribution in [2.75, 3.05) is 0 Å². The van der Waals surface area contributed by atoms with Crippen LogP contribution in [-0.4, -0.2) is 86.6 Å². The Balaban J connectivity index is -0.0000000171. The van der Waals surface area contributed by atoms with Gasteiger partial charge in [-0.1, -0.05) is 0 Å². The monoisotopic (exact) mass is 464 g/mol. The van der Waals surface area contributed by atoms with E-state index < -0.39 is 37.2 Å². The van der Waals surface area contributed by atoms with E-state index in [4.69, 9.17) is 21.4 Å². The fraction of sp³-hybridized carbons (Fsp3) is 0. The smallest absolute Gasteiger partial charge is 4.00 e. The van der Waals surface area contributed by atoms with Gasteiger partial charge >= 0.3 is 171 Å². The second-order valence-electron chi connectivity index (χ2n) is 0.500. The molecule has 0 fully saturated rings. The normalized spacial score (nSPS) is 4.73. The van der Waals surface area contributed by atoms with Crippen LogP contribution in [-0.2, 0) is 70.1 Å². The molecular weight excluding hydrogens is 460 g/mol. The summed E-state index contributed by atoms with van der Waals surface area (Å²) >= 11 is -8.17. The quantitative estimate of drug-likeness (QED) is 0.328. The van der Waals surface area contributed by atoms with Gasteiger partial charge in [-0.05, 0) is 0 Å². The molecule has 0 N–H and O–H groups in total. The van der Waals surface area contributed by atoms with Crippen molar-refractivity contribution >= 4 is 86.6 Å². The van der Waals surface area contributed by atoms with Crippen LogP contribution < -0.4 is 14.8 Å². The van der Waals surface area contributed by atoms with E-state index in [2.05, 4.69) is 0 Å². The molecule has 0 amide bonds. The maximum Gasteiger partial charge on any atom is 4.00 e. The summed E-state index contributed by atoms with van der Waals surface area (Å²) in [6.07, 6.45) is 0. The molecule has 0 heterocycles. The van der Waals surface area contributed by atoms with Gasteiger partial charge in [0, 0.05) is 0 Å². The van der Waals surface area contributed by atoms with E-state index in [1.165, 1.54) is 0 Å². The molecule has 0 aromatic rings. The summed E-state index contributed by atoms with van der Waals surface area (Å²) in [7, 11) is 0. The average molecular weight is 464 g/mol. The number of rotatable bonds is 0. The van der Waals surface area contributed by atoms with Crippen molar-refractivity contribution in [2.45, 2.75) is 0 Å². The van der Waals surface area contributed by atoms with Crippen molar-refractivity contribution < 1.29 is 84.8 Å². The third kappa shape index (κ3) is 110. The van der Waals surface area contributed by atoms with E-state index in [-0.39, 0.29) is 113 Å². The van der Waals surface area contributed by atoms with Gasteiger partial charge in [-0.15, -0.1) is 0 Å². The summed E-state index contributed by atoms with van der Waals surface area (Å²) in [5.74, 6) is 0. The van der Waals surface area contributed by atoms with Crippen molar-refractivity contribution in [1.29, 1.82) is 0 Å².